The zero-order chi connectivity index (χ0) is 0. The first-order valence-corrected chi connectivity index (χ1v) is 0. The molecule has 0 unspecified atom stereocenters. The van der Waals surface area contributed by atoms with Crippen LogP contribution in [0, 0.1) is 0 Å². The molecule has 0 aromatic rings. The molecule has 0 aliphatic carbocycles. The van der Waals surface area contributed by atoms with Crippen molar-refractivity contribution in [3.05, 3.63) is 0 Å². The average Bonchev–Trinajstić information content (AvgIpc) is 0. The van der Waals surface area contributed by atoms with Gasteiger partial charge in [-0.3, -0.25) is 0 Å². The van der Waals surface area contributed by atoms with Gasteiger partial charge in [-0.2, -0.15) is 0 Å². The Labute approximate surface area is 76.9 Å². The zero-order valence-corrected chi connectivity index (χ0v) is 4.84. The average molecular weight is 137 g/mol. The minimum atomic E-state index is 0. The van der Waals surface area contributed by atoms with Crippen LogP contribution < -0.4 is 29.6 Å². The maximum absolute atomic E-state index is 0. The predicted molar refractivity (Wildman–Crippen MR) is 22.4 cm³/mol. The summed E-state index contributed by atoms with van der Waals surface area (Å²) in [5, 5.41) is 0. The molecule has 0 bridgehead atoms. The second kappa shape index (κ2) is 18.4. The van der Waals surface area contributed by atoms with E-state index in [4.69, 9.17) is 0 Å². The molecule has 0 saturated heterocycles. The van der Waals surface area contributed by atoms with Crippen molar-refractivity contribution in [3.8, 4) is 0 Å². The van der Waals surface area contributed by atoms with E-state index in [-0.39, 0.29) is 77.9 Å². The third kappa shape index (κ3) is 8.84. The second-order valence-corrected chi connectivity index (χ2v) is 0. The first-order chi connectivity index (χ1) is 0. The van der Waals surface area contributed by atoms with E-state index in [2.05, 4.69) is 0 Å². The normalized spacial score (nSPS) is 0. The van der Waals surface area contributed by atoms with Crippen LogP contribution in [0.5, 0.6) is 0 Å². The molecule has 0 atom stereocenters. The Kier molecular flexibility index (Phi) is 152. The molecule has 0 fully saturated rings. The van der Waals surface area contributed by atoms with Gasteiger partial charge in [0.15, 0.2) is 17.4 Å². The topological polar surface area (TPSA) is 0 Å². The van der Waals surface area contributed by atoms with Gasteiger partial charge >= 0.3 is 29.6 Å². The van der Waals surface area contributed by atoms with Gasteiger partial charge in [-0.05, 0) is 11.0 Å². The molecule has 0 spiro atoms. The van der Waals surface area contributed by atoms with Gasteiger partial charge < -0.3 is 1.43 Å². The van der Waals surface area contributed by atoms with E-state index in [1.165, 1.54) is 0 Å². The van der Waals surface area contributed by atoms with Gasteiger partial charge in [0, 0.05) is 18.6 Å². The molecule has 0 saturated carbocycles. The summed E-state index contributed by atoms with van der Waals surface area (Å²) in [5.74, 6) is 0. The third-order valence-electron chi connectivity index (χ3n) is 0. The molecule has 21 valence electrons. The summed E-state index contributed by atoms with van der Waals surface area (Å²) < 4.78 is 0. The monoisotopic (exact) mass is 137 g/mol. The maximum atomic E-state index is 0. The molecule has 0 rings (SSSR count). The Balaban J connectivity index is 0. The van der Waals surface area contributed by atoms with Gasteiger partial charge in [0.25, 0.3) is 0 Å². The van der Waals surface area contributed by atoms with Gasteiger partial charge in [-0.25, -0.2) is 0 Å². The molecule has 0 heterocycles. The standard InChI is InChI=1S/Al.Na.H4Si.V.4H/h;;1H4;;;;;/q;+1;;;;;;-1. The van der Waals surface area contributed by atoms with Crippen molar-refractivity contribution in [2.45, 2.75) is 0 Å². The van der Waals surface area contributed by atoms with Crippen molar-refractivity contribution in [3.63, 3.8) is 0 Å². The summed E-state index contributed by atoms with van der Waals surface area (Å²) in [7, 11) is 0. The van der Waals surface area contributed by atoms with Crippen LogP contribution in [0.2, 0.25) is 0 Å². The maximum Gasteiger partial charge on any atom is 1.00 e. The quantitative estimate of drug-likeness (QED) is 0.292. The van der Waals surface area contributed by atoms with Crippen molar-refractivity contribution in [2.24, 2.45) is 0 Å². The Bertz CT molecular complexity index is 11.6. The fourth-order valence-corrected chi connectivity index (χ4v) is 0. The van der Waals surface area contributed by atoms with Crippen molar-refractivity contribution in [2.75, 3.05) is 0 Å². The van der Waals surface area contributed by atoms with Gasteiger partial charge in [0.05, 0.1) is 0 Å². The summed E-state index contributed by atoms with van der Waals surface area (Å²) in [5.41, 5.74) is 0. The minimum absolute atomic E-state index is 0. The summed E-state index contributed by atoms with van der Waals surface area (Å²) in [6, 6.07) is 0. The van der Waals surface area contributed by atoms with E-state index in [9.17, 15) is 0 Å². The van der Waals surface area contributed by atoms with Crippen LogP contribution >= 0.6 is 0 Å². The molecule has 0 N–H and O–H groups in total. The molecule has 4 heteroatoms. The third-order valence-corrected chi connectivity index (χ3v) is 0. The Hall–Kier alpha value is 2.33. The molecular formula is H8AlNaSiV. The Morgan fingerprint density at radius 1 is 1.25 bits per heavy atom. The van der Waals surface area contributed by atoms with Gasteiger partial charge in [0.2, 0.25) is 0 Å². The smallest absolute Gasteiger partial charge is 1.00 e. The van der Waals surface area contributed by atoms with E-state index in [1.807, 2.05) is 0 Å². The fraction of sp³-hybridized carbons (Fsp3) is 0. The molecule has 0 aromatic carbocycles. The van der Waals surface area contributed by atoms with Crippen LogP contribution in [0.4, 0.5) is 0 Å². The summed E-state index contributed by atoms with van der Waals surface area (Å²) in [6.45, 7) is 0. The molecule has 0 aliphatic heterocycles. The van der Waals surface area contributed by atoms with Crippen LogP contribution in [0.3, 0.4) is 0 Å². The van der Waals surface area contributed by atoms with E-state index in [0.717, 1.165) is 0 Å². The number of hydrogen-bond acceptors (Lipinski definition) is 0. The molecular weight excluding hydrogens is 129 g/mol. The molecule has 0 aliphatic rings. The SMILES string of the molecule is [AlH3].[H-].[Na+].[SiH4].[V]. The molecule has 0 aromatic heterocycles. The summed E-state index contributed by atoms with van der Waals surface area (Å²) in [4.78, 5) is 0. The molecule has 0 amide bonds. The van der Waals surface area contributed by atoms with Crippen molar-refractivity contribution in [1.29, 1.82) is 0 Å². The van der Waals surface area contributed by atoms with E-state index in [1.54, 1.807) is 0 Å². The Morgan fingerprint density at radius 2 is 1.25 bits per heavy atom. The first-order valence-electron chi connectivity index (χ1n) is 0. The number of hydrogen-bond donors (Lipinski definition) is 0. The van der Waals surface area contributed by atoms with Gasteiger partial charge in [-0.1, -0.05) is 0 Å². The van der Waals surface area contributed by atoms with Crippen molar-refractivity contribution >= 4 is 28.3 Å². The van der Waals surface area contributed by atoms with Crippen molar-refractivity contribution in [1.82, 2.24) is 0 Å². The largest absolute Gasteiger partial charge is 1.00 e. The van der Waals surface area contributed by atoms with Crippen molar-refractivity contribution < 1.29 is 49.5 Å². The summed E-state index contributed by atoms with van der Waals surface area (Å²) >= 11 is 0. The van der Waals surface area contributed by atoms with E-state index >= 15 is 0 Å². The summed E-state index contributed by atoms with van der Waals surface area (Å²) in [6.07, 6.45) is 0. The van der Waals surface area contributed by atoms with Crippen LogP contribution in [0.1, 0.15) is 1.43 Å². The zero-order valence-electron chi connectivity index (χ0n) is 2.45. The predicted octanol–water partition coefficient (Wildman–Crippen LogP) is -5.52. The van der Waals surface area contributed by atoms with Crippen LogP contribution in [0.25, 0.3) is 0 Å². The van der Waals surface area contributed by atoms with Crippen LogP contribution in [-0.2, 0) is 18.6 Å². The fourth-order valence-electron chi connectivity index (χ4n) is 0. The Morgan fingerprint density at radius 3 is 1.25 bits per heavy atom. The molecule has 0 nitrogen and oxygen atoms in total. The molecule has 4 heavy (non-hydrogen) atoms. The van der Waals surface area contributed by atoms with Gasteiger partial charge in [0.1, 0.15) is 0 Å². The molecule has 1 radical (unpaired) electrons. The minimum Gasteiger partial charge on any atom is -1.00 e. The number of rotatable bonds is 0. The van der Waals surface area contributed by atoms with Gasteiger partial charge in [-0.15, -0.1) is 0 Å². The van der Waals surface area contributed by atoms with Crippen LogP contribution in [-0.4, -0.2) is 28.3 Å². The first kappa shape index (κ1) is 33.1. The van der Waals surface area contributed by atoms with E-state index < -0.39 is 0 Å². The van der Waals surface area contributed by atoms with E-state index in [0.29, 0.717) is 0 Å². The second-order valence-electron chi connectivity index (χ2n) is 0. The van der Waals surface area contributed by atoms with Crippen LogP contribution in [0.15, 0.2) is 0 Å².